The number of halogens is 2. The fraction of sp³-hybridized carbons (Fsp3) is 0.667. The SMILES string of the molecule is CC(=O)CCC(=O)CCC(=O)CCC(=O)OCCCN=C(N)N.Cl.Cl. The summed E-state index contributed by atoms with van der Waals surface area (Å²) in [4.78, 5) is 48.9. The van der Waals surface area contributed by atoms with Crippen LogP contribution in [0.15, 0.2) is 4.99 Å². The molecule has 0 aliphatic rings. The first-order chi connectivity index (χ1) is 10.8. The average molecular weight is 400 g/mol. The van der Waals surface area contributed by atoms with Gasteiger partial charge in [-0.3, -0.25) is 19.4 Å². The fourth-order valence-electron chi connectivity index (χ4n) is 1.62. The van der Waals surface area contributed by atoms with Gasteiger partial charge in [0.15, 0.2) is 5.96 Å². The number of hydrogen-bond donors (Lipinski definition) is 2. The first kappa shape index (κ1) is 28.1. The van der Waals surface area contributed by atoms with Crippen LogP contribution in [0.2, 0.25) is 0 Å². The van der Waals surface area contributed by atoms with Crippen LogP contribution in [-0.4, -0.2) is 42.4 Å². The van der Waals surface area contributed by atoms with E-state index in [2.05, 4.69) is 4.99 Å². The van der Waals surface area contributed by atoms with E-state index < -0.39 is 5.97 Å². The van der Waals surface area contributed by atoms with Gasteiger partial charge in [0, 0.05) is 45.1 Å². The highest BCUT2D eigenvalue weighted by Crippen LogP contribution is 2.04. The lowest BCUT2D eigenvalue weighted by Crippen LogP contribution is -2.23. The van der Waals surface area contributed by atoms with Crippen molar-refractivity contribution in [1.29, 1.82) is 0 Å². The van der Waals surface area contributed by atoms with Crippen molar-refractivity contribution >= 4 is 54.1 Å². The van der Waals surface area contributed by atoms with E-state index in [1.54, 1.807) is 0 Å². The number of carbonyl (C=O) groups excluding carboxylic acids is 4. The molecular weight excluding hydrogens is 373 g/mol. The van der Waals surface area contributed by atoms with Crippen LogP contribution < -0.4 is 11.5 Å². The molecule has 0 aliphatic carbocycles. The molecule has 0 radical (unpaired) electrons. The van der Waals surface area contributed by atoms with Crippen LogP contribution >= 0.6 is 24.8 Å². The maximum atomic E-state index is 11.6. The maximum absolute atomic E-state index is 11.6. The monoisotopic (exact) mass is 399 g/mol. The number of guanidine groups is 1. The number of nitrogens with zero attached hydrogens (tertiary/aromatic N) is 1. The molecule has 10 heteroatoms. The highest BCUT2D eigenvalue weighted by Gasteiger charge is 2.11. The number of ketones is 3. The van der Waals surface area contributed by atoms with Crippen molar-refractivity contribution in [2.75, 3.05) is 13.2 Å². The van der Waals surface area contributed by atoms with Crippen molar-refractivity contribution in [3.8, 4) is 0 Å². The van der Waals surface area contributed by atoms with Crippen LogP contribution in [-0.2, 0) is 23.9 Å². The van der Waals surface area contributed by atoms with Gasteiger partial charge in [-0.05, 0) is 6.92 Å². The molecule has 0 atom stereocenters. The van der Waals surface area contributed by atoms with Crippen LogP contribution in [0.4, 0.5) is 0 Å². The Hall–Kier alpha value is -1.67. The third-order valence-corrected chi connectivity index (χ3v) is 2.91. The molecule has 0 aromatic heterocycles. The topological polar surface area (TPSA) is 142 Å². The Bertz CT molecular complexity index is 466. The van der Waals surface area contributed by atoms with E-state index in [4.69, 9.17) is 16.2 Å². The molecule has 0 amide bonds. The zero-order valence-corrected chi connectivity index (χ0v) is 16.0. The number of carbonyl (C=O) groups is 4. The predicted octanol–water partition coefficient (Wildman–Crippen LogP) is 1.10. The van der Waals surface area contributed by atoms with E-state index in [0.29, 0.717) is 13.0 Å². The molecule has 4 N–H and O–H groups in total. The van der Waals surface area contributed by atoms with E-state index in [0.717, 1.165) is 0 Å². The van der Waals surface area contributed by atoms with Crippen molar-refractivity contribution in [3.63, 3.8) is 0 Å². The van der Waals surface area contributed by atoms with E-state index >= 15 is 0 Å². The van der Waals surface area contributed by atoms with Gasteiger partial charge in [-0.15, -0.1) is 24.8 Å². The van der Waals surface area contributed by atoms with E-state index in [1.165, 1.54) is 6.92 Å². The van der Waals surface area contributed by atoms with Gasteiger partial charge in [0.05, 0.1) is 13.0 Å². The lowest BCUT2D eigenvalue weighted by molar-refractivity contribution is -0.144. The first-order valence-electron chi connectivity index (χ1n) is 7.55. The third-order valence-electron chi connectivity index (χ3n) is 2.91. The van der Waals surface area contributed by atoms with E-state index in [1.807, 2.05) is 0 Å². The highest BCUT2D eigenvalue weighted by molar-refractivity contribution is 5.89. The maximum Gasteiger partial charge on any atom is 0.306 e. The summed E-state index contributed by atoms with van der Waals surface area (Å²) in [5, 5.41) is 0. The van der Waals surface area contributed by atoms with Crippen molar-refractivity contribution in [2.45, 2.75) is 51.9 Å². The molecule has 8 nitrogen and oxygen atoms in total. The van der Waals surface area contributed by atoms with Gasteiger partial charge in [0.25, 0.3) is 0 Å². The Labute approximate surface area is 159 Å². The van der Waals surface area contributed by atoms with Crippen LogP contribution in [0.1, 0.15) is 51.9 Å². The van der Waals surface area contributed by atoms with Gasteiger partial charge in [0.2, 0.25) is 0 Å². The lowest BCUT2D eigenvalue weighted by atomic mass is 10.0. The molecule has 0 heterocycles. The van der Waals surface area contributed by atoms with Gasteiger partial charge >= 0.3 is 5.97 Å². The number of rotatable bonds is 13. The minimum Gasteiger partial charge on any atom is -0.466 e. The minimum absolute atomic E-state index is 0. The summed E-state index contributed by atoms with van der Waals surface area (Å²) in [6, 6.07) is 0. The van der Waals surface area contributed by atoms with Crippen molar-refractivity contribution < 1.29 is 23.9 Å². The highest BCUT2D eigenvalue weighted by atomic mass is 35.5. The number of hydrogen-bond acceptors (Lipinski definition) is 6. The smallest absolute Gasteiger partial charge is 0.306 e. The average Bonchev–Trinajstić information content (AvgIpc) is 2.48. The van der Waals surface area contributed by atoms with E-state index in [9.17, 15) is 19.2 Å². The Morgan fingerprint density at radius 1 is 0.840 bits per heavy atom. The number of ether oxygens (including phenoxy) is 1. The Morgan fingerprint density at radius 3 is 1.80 bits per heavy atom. The van der Waals surface area contributed by atoms with Gasteiger partial charge in [0.1, 0.15) is 17.3 Å². The van der Waals surface area contributed by atoms with Gasteiger partial charge in [-0.1, -0.05) is 0 Å². The number of Topliss-reactive ketones (excluding diaryl/α,β-unsaturated/α-hetero) is 3. The van der Waals surface area contributed by atoms with Crippen molar-refractivity contribution in [2.24, 2.45) is 16.5 Å². The quantitative estimate of drug-likeness (QED) is 0.204. The second-order valence-electron chi connectivity index (χ2n) is 5.16. The van der Waals surface area contributed by atoms with E-state index in [-0.39, 0.29) is 93.3 Å². The summed E-state index contributed by atoms with van der Waals surface area (Å²) in [7, 11) is 0. The van der Waals surface area contributed by atoms with Crippen LogP contribution in [0.25, 0.3) is 0 Å². The molecular formula is C15H27Cl2N3O5. The van der Waals surface area contributed by atoms with Crippen LogP contribution in [0.3, 0.4) is 0 Å². The lowest BCUT2D eigenvalue weighted by Gasteiger charge is -2.04. The summed E-state index contributed by atoms with van der Waals surface area (Å²) >= 11 is 0. The van der Waals surface area contributed by atoms with Crippen molar-refractivity contribution in [3.05, 3.63) is 0 Å². The predicted molar refractivity (Wildman–Crippen MR) is 99.1 cm³/mol. The molecule has 0 aliphatic heterocycles. The number of aliphatic imine (C=N–C) groups is 1. The van der Waals surface area contributed by atoms with Crippen molar-refractivity contribution in [1.82, 2.24) is 0 Å². The zero-order valence-electron chi connectivity index (χ0n) is 14.3. The van der Waals surface area contributed by atoms with Gasteiger partial charge < -0.3 is 21.0 Å². The molecule has 0 unspecified atom stereocenters. The molecule has 0 saturated heterocycles. The Kier molecular flexibility index (Phi) is 19.3. The normalized spacial score (nSPS) is 9.16. The molecule has 146 valence electrons. The van der Waals surface area contributed by atoms with Gasteiger partial charge in [-0.2, -0.15) is 0 Å². The summed E-state index contributed by atoms with van der Waals surface area (Å²) in [5.41, 5.74) is 10.3. The number of esters is 1. The molecule has 0 aromatic rings. The molecule has 25 heavy (non-hydrogen) atoms. The summed E-state index contributed by atoms with van der Waals surface area (Å²) in [6.07, 6.45) is 1.12. The summed E-state index contributed by atoms with van der Waals surface area (Å²) < 4.78 is 4.92. The van der Waals surface area contributed by atoms with Gasteiger partial charge in [-0.25, -0.2) is 0 Å². The fourth-order valence-corrected chi connectivity index (χ4v) is 1.62. The molecule has 0 spiro atoms. The number of nitrogens with two attached hydrogens (primary N) is 2. The van der Waals surface area contributed by atoms with Crippen LogP contribution in [0, 0.1) is 0 Å². The molecule has 0 saturated carbocycles. The Balaban J connectivity index is -0.00000242. The Morgan fingerprint density at radius 2 is 1.32 bits per heavy atom. The molecule has 0 bridgehead atoms. The standard InChI is InChI=1S/C15H25N3O5.2ClH/c1-11(19)3-4-12(20)5-6-13(21)7-8-14(22)23-10-2-9-18-15(16)17;;/h2-10H2,1H3,(H4,16,17,18);2*1H. The summed E-state index contributed by atoms with van der Waals surface area (Å²) in [6.45, 7) is 1.98. The minimum atomic E-state index is -0.467. The second-order valence-corrected chi connectivity index (χ2v) is 5.16. The molecule has 0 fully saturated rings. The third kappa shape index (κ3) is 20.3. The molecule has 0 aromatic carbocycles. The first-order valence-corrected chi connectivity index (χ1v) is 7.55. The zero-order chi connectivity index (χ0) is 17.7. The second kappa shape index (κ2) is 17.2. The van der Waals surface area contributed by atoms with Crippen LogP contribution in [0.5, 0.6) is 0 Å². The summed E-state index contributed by atoms with van der Waals surface area (Å²) in [5.74, 6) is -0.813. The largest absolute Gasteiger partial charge is 0.466 e. The molecule has 0 rings (SSSR count).